The van der Waals surface area contributed by atoms with Crippen LogP contribution in [0.25, 0.3) is 0 Å². The third-order valence-corrected chi connectivity index (χ3v) is 4.57. The van der Waals surface area contributed by atoms with E-state index in [1.807, 2.05) is 0 Å². The van der Waals surface area contributed by atoms with E-state index in [1.165, 1.54) is 0 Å². The van der Waals surface area contributed by atoms with Crippen molar-refractivity contribution in [3.05, 3.63) is 0 Å². The van der Waals surface area contributed by atoms with Crippen LogP contribution in [0.1, 0.15) is 0 Å². The number of hydrogen-bond donors (Lipinski definition) is 3. The summed E-state index contributed by atoms with van der Waals surface area (Å²) >= 11 is 0. The first kappa shape index (κ1) is 13.1. The second kappa shape index (κ2) is 4.08. The van der Waals surface area contributed by atoms with Crippen molar-refractivity contribution < 1.29 is 21.6 Å². The smallest absolute Gasteiger partial charge is 0.344 e. The molecule has 4 N–H and O–H groups in total. The number of nitrogens with one attached hydrogen (secondary N) is 2. The fourth-order valence-electron chi connectivity index (χ4n) is 0.532. The van der Waals surface area contributed by atoms with Crippen LogP contribution in [0, 0.1) is 0 Å². The number of amides is 2. The number of urea groups is 1. The highest BCUT2D eigenvalue weighted by Crippen LogP contribution is 2.03. The zero-order valence-electron chi connectivity index (χ0n) is 7.38. The molecule has 9 nitrogen and oxygen atoms in total. The molecule has 0 saturated heterocycles. The molecule has 14 heavy (non-hydrogen) atoms. The Morgan fingerprint density at radius 2 is 1.36 bits per heavy atom. The number of hydrogen-bond acceptors (Lipinski definition) is 5. The second-order valence-electron chi connectivity index (χ2n) is 1.95. The zero-order chi connectivity index (χ0) is 11.6. The van der Waals surface area contributed by atoms with E-state index in [2.05, 4.69) is 5.73 Å². The molecule has 84 valence electrons. The fourth-order valence-corrected chi connectivity index (χ4v) is 2.82. The van der Waals surface area contributed by atoms with Crippen LogP contribution in [0.3, 0.4) is 0 Å². The third kappa shape index (κ3) is 2.54. The van der Waals surface area contributed by atoms with Crippen molar-refractivity contribution in [2.45, 2.75) is 0 Å². The monoisotopic (exact) mass is 246 g/mol. The minimum Gasteiger partial charge on any atom is -0.350 e. The molecule has 0 radical (unpaired) electrons. The molecule has 0 fully saturated rings. The number of nitrogens with two attached hydrogens (primary N) is 1. The maximum Gasteiger partial charge on any atom is 0.344 e. The molecule has 0 aliphatic heterocycles. The Balaban J connectivity index is 5.54. The van der Waals surface area contributed by atoms with E-state index in [1.54, 1.807) is 9.44 Å². The average molecular weight is 246 g/mol. The maximum absolute atomic E-state index is 11.0. The van der Waals surface area contributed by atoms with Gasteiger partial charge in [-0.15, -0.1) is 0 Å². The molecule has 0 heterocycles. The standard InChI is InChI=1S/C3H10N4O5S2/c1-5-13(9,10)7(3(4)8)14(11,12)6-2/h5-6H,1-2H3,(H2,4,8). The van der Waals surface area contributed by atoms with Crippen LogP contribution < -0.4 is 15.2 Å². The van der Waals surface area contributed by atoms with Gasteiger partial charge in [0.15, 0.2) is 0 Å². The lowest BCUT2D eigenvalue weighted by atomic mass is 11.2. The van der Waals surface area contributed by atoms with Gasteiger partial charge in [-0.05, 0) is 0 Å². The van der Waals surface area contributed by atoms with Crippen molar-refractivity contribution in [2.75, 3.05) is 14.1 Å². The lowest BCUT2D eigenvalue weighted by Crippen LogP contribution is -2.52. The summed E-state index contributed by atoms with van der Waals surface area (Å²) in [5, 5.41) is 0. The van der Waals surface area contributed by atoms with Gasteiger partial charge in [-0.1, -0.05) is 3.71 Å². The van der Waals surface area contributed by atoms with Crippen molar-refractivity contribution in [2.24, 2.45) is 5.73 Å². The van der Waals surface area contributed by atoms with Crippen LogP contribution in [-0.2, 0) is 20.4 Å². The van der Waals surface area contributed by atoms with E-state index >= 15 is 0 Å². The predicted molar refractivity (Wildman–Crippen MR) is 47.4 cm³/mol. The summed E-state index contributed by atoms with van der Waals surface area (Å²) in [7, 11) is -7.06. The lowest BCUT2D eigenvalue weighted by Gasteiger charge is -2.17. The molecule has 0 aromatic heterocycles. The SMILES string of the molecule is CNS(=O)(=O)N(C(N)=O)S(=O)(=O)NC. The van der Waals surface area contributed by atoms with Crippen LogP contribution in [0.2, 0.25) is 0 Å². The van der Waals surface area contributed by atoms with E-state index in [0.717, 1.165) is 14.1 Å². The quantitative estimate of drug-likeness (QED) is 0.495. The lowest BCUT2D eigenvalue weighted by molar-refractivity contribution is 0.243. The molecule has 0 aromatic rings. The molecule has 0 atom stereocenters. The molecule has 2 amide bonds. The Hall–Kier alpha value is -0.910. The summed E-state index contributed by atoms with van der Waals surface area (Å²) in [5.41, 5.74) is 4.61. The van der Waals surface area contributed by atoms with Gasteiger partial charge in [-0.25, -0.2) is 4.79 Å². The van der Waals surface area contributed by atoms with Gasteiger partial charge in [-0.2, -0.15) is 26.3 Å². The largest absolute Gasteiger partial charge is 0.350 e. The van der Waals surface area contributed by atoms with E-state index in [4.69, 9.17) is 0 Å². The summed E-state index contributed by atoms with van der Waals surface area (Å²) < 4.78 is 47.0. The summed E-state index contributed by atoms with van der Waals surface area (Å²) in [6.07, 6.45) is 0. The molecule has 0 saturated carbocycles. The van der Waals surface area contributed by atoms with Gasteiger partial charge in [0.1, 0.15) is 0 Å². The van der Waals surface area contributed by atoms with E-state index < -0.39 is 30.2 Å². The molecular weight excluding hydrogens is 236 g/mol. The average Bonchev–Trinajstić information content (AvgIpc) is 2.02. The molecule has 0 bridgehead atoms. The third-order valence-electron chi connectivity index (χ3n) is 1.13. The molecule has 0 aliphatic rings. The van der Waals surface area contributed by atoms with Crippen molar-refractivity contribution in [1.82, 2.24) is 13.2 Å². The Morgan fingerprint density at radius 1 is 1.07 bits per heavy atom. The minimum atomic E-state index is -4.47. The topological polar surface area (TPSA) is 139 Å². The highest BCUT2D eigenvalue weighted by atomic mass is 32.3. The summed E-state index contributed by atoms with van der Waals surface area (Å²) in [6, 6.07) is -1.63. The van der Waals surface area contributed by atoms with Crippen LogP contribution in [0.15, 0.2) is 0 Å². The molecule has 0 unspecified atom stereocenters. The number of carbonyl (C=O) groups is 1. The Morgan fingerprint density at radius 3 is 1.50 bits per heavy atom. The highest BCUT2D eigenvalue weighted by Gasteiger charge is 2.35. The predicted octanol–water partition coefficient (Wildman–Crippen LogP) is -2.70. The minimum absolute atomic E-state index is 0.486. The molecule has 0 aromatic carbocycles. The molecule has 11 heteroatoms. The Kier molecular flexibility index (Phi) is 3.81. The van der Waals surface area contributed by atoms with Gasteiger partial charge < -0.3 is 5.73 Å². The fraction of sp³-hybridized carbons (Fsp3) is 0.667. The summed E-state index contributed by atoms with van der Waals surface area (Å²) in [6.45, 7) is 0. The summed E-state index contributed by atoms with van der Waals surface area (Å²) in [4.78, 5) is 10.6. The number of rotatable bonds is 4. The summed E-state index contributed by atoms with van der Waals surface area (Å²) in [5.74, 6) is 0. The van der Waals surface area contributed by atoms with Gasteiger partial charge in [0.05, 0.1) is 0 Å². The number of carbonyl (C=O) groups excluding carboxylic acids is 1. The van der Waals surface area contributed by atoms with Gasteiger partial charge in [0.25, 0.3) is 0 Å². The molecule has 0 spiro atoms. The van der Waals surface area contributed by atoms with E-state index in [0.29, 0.717) is 0 Å². The van der Waals surface area contributed by atoms with Crippen LogP contribution in [0.4, 0.5) is 4.79 Å². The van der Waals surface area contributed by atoms with E-state index in [9.17, 15) is 21.6 Å². The van der Waals surface area contributed by atoms with Crippen molar-refractivity contribution >= 4 is 26.4 Å². The van der Waals surface area contributed by atoms with Gasteiger partial charge >= 0.3 is 26.4 Å². The first-order chi connectivity index (χ1) is 6.19. The van der Waals surface area contributed by atoms with Gasteiger partial charge in [0, 0.05) is 14.1 Å². The maximum atomic E-state index is 11.0. The molecular formula is C3H10N4O5S2. The molecule has 0 rings (SSSR count). The number of nitrogens with zero attached hydrogens (tertiary/aromatic N) is 1. The normalized spacial score (nSPS) is 12.4. The van der Waals surface area contributed by atoms with Gasteiger partial charge in [-0.3, -0.25) is 0 Å². The first-order valence-electron chi connectivity index (χ1n) is 3.16. The van der Waals surface area contributed by atoms with E-state index in [-0.39, 0.29) is 0 Å². The molecule has 0 aliphatic carbocycles. The second-order valence-corrected chi connectivity index (χ2v) is 5.63. The highest BCUT2D eigenvalue weighted by molar-refractivity contribution is 8.03. The zero-order valence-corrected chi connectivity index (χ0v) is 9.02. The Labute approximate surface area is 81.6 Å². The first-order valence-corrected chi connectivity index (χ1v) is 6.04. The number of primary amides is 1. The Bertz CT molecular complexity index is 376. The van der Waals surface area contributed by atoms with Gasteiger partial charge in [0.2, 0.25) is 0 Å². The van der Waals surface area contributed by atoms with Crippen molar-refractivity contribution in [3.63, 3.8) is 0 Å². The van der Waals surface area contributed by atoms with Crippen LogP contribution in [0.5, 0.6) is 0 Å². The van der Waals surface area contributed by atoms with Crippen LogP contribution in [-0.4, -0.2) is 40.7 Å². The van der Waals surface area contributed by atoms with Crippen LogP contribution >= 0.6 is 0 Å². The van der Waals surface area contributed by atoms with Crippen molar-refractivity contribution in [1.29, 1.82) is 0 Å². The van der Waals surface area contributed by atoms with Crippen molar-refractivity contribution in [3.8, 4) is 0 Å².